The van der Waals surface area contributed by atoms with Crippen LogP contribution in [0.2, 0.25) is 0 Å². The Bertz CT molecular complexity index is 696. The molecule has 2 nitrogen and oxygen atoms in total. The highest BCUT2D eigenvalue weighted by molar-refractivity contribution is 6.46. The van der Waals surface area contributed by atoms with E-state index in [1.165, 1.54) is 54.3 Å². The average molecular weight is 318 g/mol. The van der Waals surface area contributed by atoms with Crippen LogP contribution in [0.15, 0.2) is 44.5 Å². The van der Waals surface area contributed by atoms with Crippen molar-refractivity contribution in [1.82, 2.24) is 5.23 Å². The lowest BCUT2D eigenvalue weighted by atomic mass is 9.60. The van der Waals surface area contributed by atoms with Gasteiger partial charge in [-0.1, -0.05) is 30.4 Å². The molecular weight excluding hydrogens is 290 g/mol. The SMILES string of the molecule is CC1=C(C2=C([B]N)CC3=C([B]NC4=C3CC(C)C4)C2)CCC(C)C1. The highest BCUT2D eigenvalue weighted by atomic mass is 14.8. The number of hydrogen-bond acceptors (Lipinski definition) is 2. The van der Waals surface area contributed by atoms with E-state index < -0.39 is 0 Å². The molecule has 0 saturated carbocycles. The lowest BCUT2D eigenvalue weighted by Crippen LogP contribution is -2.30. The van der Waals surface area contributed by atoms with Gasteiger partial charge in [0.15, 0.2) is 0 Å². The van der Waals surface area contributed by atoms with Crippen LogP contribution in [0.1, 0.15) is 65.7 Å². The first kappa shape index (κ1) is 16.3. The van der Waals surface area contributed by atoms with Crippen molar-refractivity contribution >= 4 is 14.8 Å². The third kappa shape index (κ3) is 2.73. The fourth-order valence-corrected chi connectivity index (χ4v) is 5.12. The molecule has 4 heteroatoms. The lowest BCUT2D eigenvalue weighted by Gasteiger charge is -2.34. The van der Waals surface area contributed by atoms with Crippen LogP contribution in [0.25, 0.3) is 0 Å². The van der Waals surface area contributed by atoms with Gasteiger partial charge in [-0.3, -0.25) is 0 Å². The van der Waals surface area contributed by atoms with E-state index >= 15 is 0 Å². The molecule has 0 aromatic heterocycles. The Balaban J connectivity index is 1.67. The largest absolute Gasteiger partial charge is 0.431 e. The molecule has 124 valence electrons. The molecule has 4 aliphatic rings. The van der Waals surface area contributed by atoms with Gasteiger partial charge >= 0.3 is 0 Å². The summed E-state index contributed by atoms with van der Waals surface area (Å²) in [6.45, 7) is 7.07. The van der Waals surface area contributed by atoms with Crippen LogP contribution >= 0.6 is 0 Å². The Morgan fingerprint density at radius 1 is 1.00 bits per heavy atom. The minimum Gasteiger partial charge on any atom is -0.431 e. The highest BCUT2D eigenvalue weighted by Crippen LogP contribution is 2.46. The molecule has 0 spiro atoms. The molecule has 0 bridgehead atoms. The second kappa shape index (κ2) is 6.29. The third-order valence-electron chi connectivity index (χ3n) is 6.39. The predicted octanol–water partition coefficient (Wildman–Crippen LogP) is 3.91. The van der Waals surface area contributed by atoms with Gasteiger partial charge in [0.1, 0.15) is 0 Å². The standard InChI is InChI=1S/C20H28B2N2/c1-11-4-5-14(13(3)6-11)15-10-19-16(9-18(15)21-23)17-7-12(2)8-20(17)24-22-19/h11-12,24H,4-10,23H2,1-3H3. The monoisotopic (exact) mass is 318 g/mol. The van der Waals surface area contributed by atoms with Crippen molar-refractivity contribution in [2.45, 2.75) is 65.7 Å². The zero-order chi connectivity index (χ0) is 16.8. The summed E-state index contributed by atoms with van der Waals surface area (Å²) in [5.41, 5.74) is 18.3. The van der Waals surface area contributed by atoms with Crippen LogP contribution in [0.3, 0.4) is 0 Å². The summed E-state index contributed by atoms with van der Waals surface area (Å²) in [4.78, 5) is 0. The molecule has 2 unspecified atom stereocenters. The summed E-state index contributed by atoms with van der Waals surface area (Å²) in [6.07, 6.45) is 8.28. The first-order valence-electron chi connectivity index (χ1n) is 9.57. The van der Waals surface area contributed by atoms with Gasteiger partial charge in [0, 0.05) is 5.70 Å². The van der Waals surface area contributed by atoms with Gasteiger partial charge in [-0.15, -0.1) is 0 Å². The molecule has 2 radical (unpaired) electrons. The fraction of sp³-hybridized carbons (Fsp3) is 0.600. The molecular formula is C20H28B2N2. The number of hydrogen-bond donors (Lipinski definition) is 2. The number of allylic oxidation sites excluding steroid dienone is 8. The van der Waals surface area contributed by atoms with Gasteiger partial charge in [-0.2, -0.15) is 0 Å². The van der Waals surface area contributed by atoms with Crippen LogP contribution in [0.4, 0.5) is 0 Å². The average Bonchev–Trinajstić information content (AvgIpc) is 2.94. The van der Waals surface area contributed by atoms with Gasteiger partial charge in [0.2, 0.25) is 7.41 Å². The number of nitrogens with two attached hydrogens (primary N) is 1. The second-order valence-corrected chi connectivity index (χ2v) is 8.39. The topological polar surface area (TPSA) is 38.0 Å². The molecule has 2 atom stereocenters. The van der Waals surface area contributed by atoms with Crippen LogP contribution in [0.5, 0.6) is 0 Å². The minimum atomic E-state index is 0.767. The predicted molar refractivity (Wildman–Crippen MR) is 103 cm³/mol. The number of fused-ring (bicyclic) bond motifs is 1. The zero-order valence-corrected chi connectivity index (χ0v) is 15.3. The molecule has 1 aliphatic heterocycles. The fourth-order valence-electron chi connectivity index (χ4n) is 5.12. The van der Waals surface area contributed by atoms with Gasteiger partial charge in [-0.25, -0.2) is 0 Å². The molecule has 3 aliphatic carbocycles. The second-order valence-electron chi connectivity index (χ2n) is 8.39. The Kier molecular flexibility index (Phi) is 4.28. The first-order valence-corrected chi connectivity index (χ1v) is 9.57. The van der Waals surface area contributed by atoms with E-state index in [1.807, 2.05) is 7.41 Å². The first-order chi connectivity index (χ1) is 11.6. The van der Waals surface area contributed by atoms with Crippen molar-refractivity contribution in [2.75, 3.05) is 0 Å². The maximum absolute atomic E-state index is 6.09. The molecule has 3 N–H and O–H groups in total. The van der Waals surface area contributed by atoms with Gasteiger partial charge in [0.25, 0.3) is 7.41 Å². The van der Waals surface area contributed by atoms with E-state index in [0.717, 1.165) is 24.7 Å². The van der Waals surface area contributed by atoms with Crippen molar-refractivity contribution in [3.8, 4) is 0 Å². The number of nitrogens with one attached hydrogen (secondary N) is 1. The van der Waals surface area contributed by atoms with E-state index in [4.69, 9.17) is 5.64 Å². The normalized spacial score (nSPS) is 30.2. The van der Waals surface area contributed by atoms with Gasteiger partial charge in [-0.05, 0) is 86.0 Å². The van der Waals surface area contributed by atoms with Crippen molar-refractivity contribution < 1.29 is 0 Å². The molecule has 24 heavy (non-hydrogen) atoms. The molecule has 1 heterocycles. The van der Waals surface area contributed by atoms with Gasteiger partial charge < -0.3 is 10.9 Å². The number of rotatable bonds is 2. The Morgan fingerprint density at radius 2 is 1.83 bits per heavy atom. The third-order valence-corrected chi connectivity index (χ3v) is 6.39. The Morgan fingerprint density at radius 3 is 2.58 bits per heavy atom. The van der Waals surface area contributed by atoms with Crippen LogP contribution < -0.4 is 10.9 Å². The molecule has 0 aromatic carbocycles. The maximum atomic E-state index is 6.09. The molecule has 0 fully saturated rings. The molecule has 4 rings (SSSR count). The summed E-state index contributed by atoms with van der Waals surface area (Å²) >= 11 is 0. The minimum absolute atomic E-state index is 0.767. The van der Waals surface area contributed by atoms with E-state index in [-0.39, 0.29) is 0 Å². The van der Waals surface area contributed by atoms with Crippen LogP contribution in [-0.4, -0.2) is 14.8 Å². The van der Waals surface area contributed by atoms with E-state index in [2.05, 4.69) is 33.4 Å². The Hall–Kier alpha value is -1.15. The Labute approximate surface area is 148 Å². The highest BCUT2D eigenvalue weighted by Gasteiger charge is 2.33. The van der Waals surface area contributed by atoms with Gasteiger partial charge in [0.05, 0.1) is 0 Å². The van der Waals surface area contributed by atoms with Crippen LogP contribution in [0, 0.1) is 11.8 Å². The molecule has 0 amide bonds. The molecule has 0 aromatic rings. The summed E-state index contributed by atoms with van der Waals surface area (Å²) in [5.74, 6) is 1.59. The van der Waals surface area contributed by atoms with Crippen molar-refractivity contribution in [1.29, 1.82) is 0 Å². The van der Waals surface area contributed by atoms with Crippen LogP contribution in [-0.2, 0) is 0 Å². The van der Waals surface area contributed by atoms with Crippen molar-refractivity contribution in [3.63, 3.8) is 0 Å². The van der Waals surface area contributed by atoms with E-state index in [9.17, 15) is 0 Å². The quantitative estimate of drug-likeness (QED) is 0.758. The maximum Gasteiger partial charge on any atom is 0.278 e. The van der Waals surface area contributed by atoms with E-state index in [0.29, 0.717) is 0 Å². The summed E-state index contributed by atoms with van der Waals surface area (Å²) in [6, 6.07) is 0. The summed E-state index contributed by atoms with van der Waals surface area (Å²) in [5, 5.41) is 3.60. The molecule has 0 saturated heterocycles. The van der Waals surface area contributed by atoms with E-state index in [1.54, 1.807) is 22.3 Å². The smallest absolute Gasteiger partial charge is 0.278 e. The van der Waals surface area contributed by atoms with Crippen molar-refractivity contribution in [3.05, 3.63) is 44.5 Å². The zero-order valence-electron chi connectivity index (χ0n) is 15.3. The van der Waals surface area contributed by atoms with Crippen molar-refractivity contribution in [2.24, 2.45) is 17.5 Å². The lowest BCUT2D eigenvalue weighted by molar-refractivity contribution is 0.497. The summed E-state index contributed by atoms with van der Waals surface area (Å²) < 4.78 is 0. The summed E-state index contributed by atoms with van der Waals surface area (Å²) in [7, 11) is 4.17.